The molecule has 3 N–H and O–H groups in total. The highest BCUT2D eigenvalue weighted by molar-refractivity contribution is 6.31. The first-order valence-electron chi connectivity index (χ1n) is 10.7. The van der Waals surface area contributed by atoms with Crippen LogP contribution in [0.2, 0.25) is 5.02 Å². The third-order valence-electron chi connectivity index (χ3n) is 5.64. The van der Waals surface area contributed by atoms with Crippen LogP contribution in [0.1, 0.15) is 16.7 Å². The highest BCUT2D eigenvalue weighted by atomic mass is 35.5. The summed E-state index contributed by atoms with van der Waals surface area (Å²) in [5.74, 6) is -0.580. The summed E-state index contributed by atoms with van der Waals surface area (Å²) >= 11 is 6.12. The number of aliphatic carboxylic acids is 1. The zero-order chi connectivity index (χ0) is 24.1. The van der Waals surface area contributed by atoms with Crippen molar-refractivity contribution in [3.63, 3.8) is 0 Å². The number of ether oxygens (including phenoxy) is 2. The van der Waals surface area contributed by atoms with Gasteiger partial charge in [-0.1, -0.05) is 48.0 Å². The number of rotatable bonds is 10. The lowest BCUT2D eigenvalue weighted by molar-refractivity contribution is -0.139. The van der Waals surface area contributed by atoms with Crippen LogP contribution in [0, 0.1) is 5.82 Å². The Bertz CT molecular complexity index is 1290. The van der Waals surface area contributed by atoms with Crippen LogP contribution in [0.4, 0.5) is 4.39 Å². The summed E-state index contributed by atoms with van der Waals surface area (Å²) in [7, 11) is 1.51. The van der Waals surface area contributed by atoms with Gasteiger partial charge in [0, 0.05) is 41.2 Å². The SMILES string of the molecule is COc1cccc(CN[C@H](Cc2c[nH]c3ccccc23)C(=O)O)c1OCc1c(F)cccc1Cl. The molecule has 4 aromatic rings. The molecule has 0 radical (unpaired) electrons. The maximum Gasteiger partial charge on any atom is 0.321 e. The molecule has 0 aliphatic rings. The van der Waals surface area contributed by atoms with Gasteiger partial charge in [0.2, 0.25) is 0 Å². The van der Waals surface area contributed by atoms with E-state index in [1.807, 2.05) is 30.5 Å². The summed E-state index contributed by atoms with van der Waals surface area (Å²) in [6.45, 7) is 0.105. The molecular formula is C26H24ClFN2O4. The number of carboxylic acids is 1. The van der Waals surface area contributed by atoms with Crippen LogP contribution in [-0.4, -0.2) is 29.2 Å². The highest BCUT2D eigenvalue weighted by Crippen LogP contribution is 2.33. The number of aromatic nitrogens is 1. The van der Waals surface area contributed by atoms with Crippen LogP contribution >= 0.6 is 11.6 Å². The fourth-order valence-corrected chi connectivity index (χ4v) is 4.06. The van der Waals surface area contributed by atoms with E-state index in [1.165, 1.54) is 19.2 Å². The predicted molar refractivity (Wildman–Crippen MR) is 129 cm³/mol. The minimum Gasteiger partial charge on any atom is -0.493 e. The van der Waals surface area contributed by atoms with E-state index >= 15 is 0 Å². The quantitative estimate of drug-likeness (QED) is 0.284. The van der Waals surface area contributed by atoms with E-state index in [9.17, 15) is 14.3 Å². The molecule has 8 heteroatoms. The highest BCUT2D eigenvalue weighted by Gasteiger charge is 2.21. The Morgan fingerprint density at radius 3 is 2.68 bits per heavy atom. The number of methoxy groups -OCH3 is 1. The fraction of sp³-hybridized carbons (Fsp3) is 0.192. The number of halogens is 2. The lowest BCUT2D eigenvalue weighted by Gasteiger charge is -2.18. The molecule has 34 heavy (non-hydrogen) atoms. The first-order chi connectivity index (χ1) is 16.5. The van der Waals surface area contributed by atoms with Gasteiger partial charge in [-0.05, 0) is 29.8 Å². The van der Waals surface area contributed by atoms with Gasteiger partial charge in [0.15, 0.2) is 11.5 Å². The van der Waals surface area contributed by atoms with Gasteiger partial charge in [-0.3, -0.25) is 10.1 Å². The Kier molecular flexibility index (Phi) is 7.35. The van der Waals surface area contributed by atoms with E-state index in [0.29, 0.717) is 23.5 Å². The predicted octanol–water partition coefficient (Wildman–Crippen LogP) is 5.33. The minimum absolute atomic E-state index is 0.101. The van der Waals surface area contributed by atoms with Gasteiger partial charge in [0.05, 0.1) is 12.1 Å². The molecule has 0 amide bonds. The van der Waals surface area contributed by atoms with E-state index in [4.69, 9.17) is 21.1 Å². The molecule has 0 saturated carbocycles. The molecule has 0 spiro atoms. The third kappa shape index (κ3) is 5.16. The molecule has 3 aromatic carbocycles. The summed E-state index contributed by atoms with van der Waals surface area (Å²) in [6, 6.07) is 16.7. The normalized spacial score (nSPS) is 12.0. The molecule has 0 aliphatic carbocycles. The van der Waals surface area contributed by atoms with Gasteiger partial charge >= 0.3 is 5.97 Å². The van der Waals surface area contributed by atoms with Gasteiger partial charge in [-0.25, -0.2) is 4.39 Å². The Balaban J connectivity index is 1.52. The summed E-state index contributed by atoms with van der Waals surface area (Å²) < 4.78 is 25.5. The van der Waals surface area contributed by atoms with Crippen molar-refractivity contribution in [2.24, 2.45) is 0 Å². The standard InChI is InChI=1S/C26H24ClFN2O4/c1-33-24-11-4-6-16(25(24)34-15-19-20(27)8-5-9-21(19)28)13-30-23(26(31)32)12-17-14-29-22-10-3-2-7-18(17)22/h2-11,14,23,29-30H,12-13,15H2,1H3,(H,31,32)/t23-/m1/s1. The first kappa shape index (κ1) is 23.6. The van der Waals surface area contributed by atoms with Crippen molar-refractivity contribution in [3.05, 3.63) is 94.4 Å². The molecular weight excluding hydrogens is 459 g/mol. The van der Waals surface area contributed by atoms with Crippen LogP contribution in [0.5, 0.6) is 11.5 Å². The van der Waals surface area contributed by atoms with E-state index in [2.05, 4.69) is 10.3 Å². The number of para-hydroxylation sites is 2. The lowest BCUT2D eigenvalue weighted by Crippen LogP contribution is -2.38. The monoisotopic (exact) mass is 482 g/mol. The zero-order valence-electron chi connectivity index (χ0n) is 18.5. The van der Waals surface area contributed by atoms with E-state index in [-0.39, 0.29) is 23.7 Å². The van der Waals surface area contributed by atoms with E-state index < -0.39 is 17.8 Å². The van der Waals surface area contributed by atoms with Crippen molar-refractivity contribution in [1.82, 2.24) is 10.3 Å². The number of carboxylic acid groups (broad SMARTS) is 1. The Hall–Kier alpha value is -3.55. The largest absolute Gasteiger partial charge is 0.493 e. The lowest BCUT2D eigenvalue weighted by atomic mass is 10.0. The van der Waals surface area contributed by atoms with Crippen molar-refractivity contribution in [2.45, 2.75) is 25.6 Å². The van der Waals surface area contributed by atoms with Crippen molar-refractivity contribution in [2.75, 3.05) is 7.11 Å². The van der Waals surface area contributed by atoms with Gasteiger partial charge in [-0.15, -0.1) is 0 Å². The molecule has 0 unspecified atom stereocenters. The number of aromatic amines is 1. The molecule has 1 heterocycles. The summed E-state index contributed by atoms with van der Waals surface area (Å²) in [5.41, 5.74) is 2.78. The number of carbonyl (C=O) groups is 1. The van der Waals surface area contributed by atoms with Crippen LogP contribution in [-0.2, 0) is 24.4 Å². The minimum atomic E-state index is -0.964. The molecule has 6 nitrogen and oxygen atoms in total. The second-order valence-corrected chi connectivity index (χ2v) is 8.18. The number of nitrogens with one attached hydrogen (secondary N) is 2. The van der Waals surface area contributed by atoms with Crippen LogP contribution < -0.4 is 14.8 Å². The van der Waals surface area contributed by atoms with Gasteiger partial charge < -0.3 is 19.6 Å². The number of H-pyrrole nitrogens is 1. The molecule has 0 aliphatic heterocycles. The molecule has 4 rings (SSSR count). The number of hydrogen-bond acceptors (Lipinski definition) is 4. The Morgan fingerprint density at radius 2 is 1.91 bits per heavy atom. The van der Waals surface area contributed by atoms with Crippen LogP contribution in [0.25, 0.3) is 10.9 Å². The Morgan fingerprint density at radius 1 is 1.12 bits per heavy atom. The average molecular weight is 483 g/mol. The molecule has 1 aromatic heterocycles. The van der Waals surface area contributed by atoms with E-state index in [0.717, 1.165) is 16.5 Å². The fourth-order valence-electron chi connectivity index (χ4n) is 3.84. The topological polar surface area (TPSA) is 83.6 Å². The van der Waals surface area contributed by atoms with Gasteiger partial charge in [0.25, 0.3) is 0 Å². The molecule has 0 bridgehead atoms. The van der Waals surface area contributed by atoms with Gasteiger partial charge in [0.1, 0.15) is 18.5 Å². The summed E-state index contributed by atoms with van der Waals surface area (Å²) in [5, 5.41) is 14.2. The second kappa shape index (κ2) is 10.6. The summed E-state index contributed by atoms with van der Waals surface area (Å²) in [4.78, 5) is 15.2. The maximum atomic E-state index is 14.2. The number of hydrogen-bond donors (Lipinski definition) is 3. The first-order valence-corrected chi connectivity index (χ1v) is 11.1. The zero-order valence-corrected chi connectivity index (χ0v) is 19.2. The summed E-state index contributed by atoms with van der Waals surface area (Å²) in [6.07, 6.45) is 2.13. The van der Waals surface area contributed by atoms with E-state index in [1.54, 1.807) is 24.3 Å². The maximum absolute atomic E-state index is 14.2. The molecule has 1 atom stereocenters. The van der Waals surface area contributed by atoms with Gasteiger partial charge in [-0.2, -0.15) is 0 Å². The van der Waals surface area contributed by atoms with Crippen molar-refractivity contribution < 1.29 is 23.8 Å². The third-order valence-corrected chi connectivity index (χ3v) is 5.99. The van der Waals surface area contributed by atoms with Crippen molar-refractivity contribution >= 4 is 28.5 Å². The number of benzene rings is 3. The smallest absolute Gasteiger partial charge is 0.321 e. The van der Waals surface area contributed by atoms with Crippen molar-refractivity contribution in [1.29, 1.82) is 0 Å². The van der Waals surface area contributed by atoms with Crippen molar-refractivity contribution in [3.8, 4) is 11.5 Å². The number of fused-ring (bicyclic) bond motifs is 1. The second-order valence-electron chi connectivity index (χ2n) is 7.77. The van der Waals surface area contributed by atoms with Crippen LogP contribution in [0.3, 0.4) is 0 Å². The molecule has 176 valence electrons. The average Bonchev–Trinajstić information content (AvgIpc) is 3.24. The molecule has 0 saturated heterocycles. The Labute approximate surface area is 201 Å². The van der Waals surface area contributed by atoms with Crippen LogP contribution in [0.15, 0.2) is 66.9 Å². The molecule has 0 fully saturated rings.